The minimum Gasteiger partial charge on any atom is -0.473 e. The van der Waals surface area contributed by atoms with Crippen LogP contribution in [0.2, 0.25) is 0 Å². The third-order valence-corrected chi connectivity index (χ3v) is 4.98. The van der Waals surface area contributed by atoms with Gasteiger partial charge in [-0.3, -0.25) is 4.79 Å². The van der Waals surface area contributed by atoms with E-state index in [0.29, 0.717) is 0 Å². The summed E-state index contributed by atoms with van der Waals surface area (Å²) in [4.78, 5) is 19.9. The molecule has 9 nitrogen and oxygen atoms in total. The number of nitrogens with one attached hydrogen (secondary N) is 2. The summed E-state index contributed by atoms with van der Waals surface area (Å²) >= 11 is 0. The van der Waals surface area contributed by atoms with Crippen molar-refractivity contribution in [1.29, 1.82) is 0 Å². The van der Waals surface area contributed by atoms with Crippen molar-refractivity contribution < 1.29 is 23.0 Å². The average molecular weight is 436 g/mol. The van der Waals surface area contributed by atoms with E-state index in [0.717, 1.165) is 37.8 Å². The smallest absolute Gasteiger partial charge is 0.252 e. The van der Waals surface area contributed by atoms with Gasteiger partial charge in [-0.25, -0.2) is 18.7 Å². The Morgan fingerprint density at radius 3 is 2.65 bits per heavy atom. The molecule has 31 heavy (non-hydrogen) atoms. The molecule has 1 amide bonds. The van der Waals surface area contributed by atoms with E-state index in [1.807, 2.05) is 0 Å². The second-order valence-electron chi connectivity index (χ2n) is 7.26. The van der Waals surface area contributed by atoms with Gasteiger partial charge >= 0.3 is 0 Å². The SMILES string of the molecule is COCCOc1ncc(Nc2nc(N[C@@H]3CCCC[C@@H]3N)c(F)cc2C(N)=O)cc1F. The minimum absolute atomic E-state index is 0.0324. The quantitative estimate of drug-likeness (QED) is 0.440. The van der Waals surface area contributed by atoms with E-state index in [1.165, 1.54) is 13.3 Å². The van der Waals surface area contributed by atoms with Gasteiger partial charge in [0.15, 0.2) is 17.5 Å². The number of anilines is 3. The van der Waals surface area contributed by atoms with Gasteiger partial charge in [-0.2, -0.15) is 0 Å². The zero-order valence-corrected chi connectivity index (χ0v) is 17.2. The number of methoxy groups -OCH3 is 1. The molecule has 11 heteroatoms. The average Bonchev–Trinajstić information content (AvgIpc) is 2.73. The largest absolute Gasteiger partial charge is 0.473 e. The number of carbonyl (C=O) groups is 1. The number of aromatic nitrogens is 2. The van der Waals surface area contributed by atoms with Crippen LogP contribution in [0.5, 0.6) is 5.88 Å². The van der Waals surface area contributed by atoms with Crippen LogP contribution in [0.15, 0.2) is 18.3 Å². The van der Waals surface area contributed by atoms with Crippen molar-refractivity contribution >= 4 is 23.2 Å². The standard InChI is InChI=1S/C20H26F2N6O3/c1-30-6-7-31-20-14(22)8-11(10-25-20)26-18-12(17(24)29)9-13(21)19(28-18)27-16-5-3-2-4-15(16)23/h8-10,15-16H,2-7,23H2,1H3,(H2,24,29)(H2,26,27,28)/t15-,16+/m0/s1. The van der Waals surface area contributed by atoms with Gasteiger partial charge in [0.2, 0.25) is 0 Å². The van der Waals surface area contributed by atoms with Crippen LogP contribution in [0.1, 0.15) is 36.0 Å². The first kappa shape index (κ1) is 22.6. The lowest BCUT2D eigenvalue weighted by molar-refractivity contribution is 0.100. The molecule has 0 spiro atoms. The highest BCUT2D eigenvalue weighted by molar-refractivity contribution is 5.98. The van der Waals surface area contributed by atoms with E-state index < -0.39 is 17.5 Å². The summed E-state index contributed by atoms with van der Waals surface area (Å²) < 4.78 is 38.9. The van der Waals surface area contributed by atoms with Crippen molar-refractivity contribution in [3.8, 4) is 5.88 Å². The molecule has 1 saturated carbocycles. The summed E-state index contributed by atoms with van der Waals surface area (Å²) in [7, 11) is 1.50. The molecule has 1 aliphatic carbocycles. The molecule has 3 rings (SSSR count). The number of pyridine rings is 2. The lowest BCUT2D eigenvalue weighted by Gasteiger charge is -2.30. The highest BCUT2D eigenvalue weighted by atomic mass is 19.1. The van der Waals surface area contributed by atoms with Gasteiger partial charge in [0.25, 0.3) is 11.8 Å². The van der Waals surface area contributed by atoms with E-state index in [9.17, 15) is 13.6 Å². The Kier molecular flexibility index (Phi) is 7.53. The molecule has 0 radical (unpaired) electrons. The molecule has 2 heterocycles. The third-order valence-electron chi connectivity index (χ3n) is 4.98. The van der Waals surface area contributed by atoms with Crippen LogP contribution >= 0.6 is 0 Å². The lowest BCUT2D eigenvalue weighted by atomic mass is 9.91. The number of nitrogens with zero attached hydrogens (tertiary/aromatic N) is 2. The number of halogens is 2. The predicted molar refractivity (Wildman–Crippen MR) is 111 cm³/mol. The summed E-state index contributed by atoms with van der Waals surface area (Å²) in [6, 6.07) is 1.83. The molecule has 0 aromatic carbocycles. The summed E-state index contributed by atoms with van der Waals surface area (Å²) in [5, 5.41) is 5.79. The van der Waals surface area contributed by atoms with E-state index in [1.54, 1.807) is 0 Å². The summed E-state index contributed by atoms with van der Waals surface area (Å²) in [6.07, 6.45) is 4.90. The van der Waals surface area contributed by atoms with Crippen LogP contribution in [-0.2, 0) is 4.74 Å². The summed E-state index contributed by atoms with van der Waals surface area (Å²) in [5.41, 5.74) is 11.5. The fourth-order valence-electron chi connectivity index (χ4n) is 3.35. The highest BCUT2D eigenvalue weighted by Crippen LogP contribution is 2.27. The molecule has 6 N–H and O–H groups in total. The van der Waals surface area contributed by atoms with Crippen LogP contribution in [-0.4, -0.2) is 48.3 Å². The number of amides is 1. The fourth-order valence-corrected chi connectivity index (χ4v) is 3.35. The number of primary amides is 1. The Bertz CT molecular complexity index is 930. The van der Waals surface area contributed by atoms with Gasteiger partial charge in [-0.05, 0) is 18.9 Å². The van der Waals surface area contributed by atoms with Crippen molar-refractivity contribution in [1.82, 2.24) is 9.97 Å². The molecule has 0 unspecified atom stereocenters. The Morgan fingerprint density at radius 1 is 1.19 bits per heavy atom. The maximum atomic E-state index is 14.6. The second-order valence-corrected chi connectivity index (χ2v) is 7.26. The van der Waals surface area contributed by atoms with Gasteiger partial charge in [0, 0.05) is 25.3 Å². The third kappa shape index (κ3) is 5.76. The number of ether oxygens (including phenoxy) is 2. The van der Waals surface area contributed by atoms with Crippen molar-refractivity contribution in [2.45, 2.75) is 37.8 Å². The zero-order chi connectivity index (χ0) is 22.4. The van der Waals surface area contributed by atoms with E-state index in [2.05, 4.69) is 20.6 Å². The van der Waals surface area contributed by atoms with Gasteiger partial charge in [-0.1, -0.05) is 12.8 Å². The van der Waals surface area contributed by atoms with Crippen molar-refractivity contribution in [3.05, 3.63) is 35.5 Å². The zero-order valence-electron chi connectivity index (χ0n) is 17.2. The summed E-state index contributed by atoms with van der Waals surface area (Å²) in [5.74, 6) is -2.64. The molecule has 0 saturated heterocycles. The number of carbonyl (C=O) groups excluding carboxylic acids is 1. The maximum Gasteiger partial charge on any atom is 0.252 e. The number of hydrogen-bond acceptors (Lipinski definition) is 8. The van der Waals surface area contributed by atoms with Gasteiger partial charge < -0.3 is 31.6 Å². The van der Waals surface area contributed by atoms with Crippen LogP contribution in [0.3, 0.4) is 0 Å². The van der Waals surface area contributed by atoms with Crippen LogP contribution < -0.4 is 26.8 Å². The van der Waals surface area contributed by atoms with E-state index >= 15 is 0 Å². The molecule has 1 fully saturated rings. The van der Waals surface area contributed by atoms with Crippen molar-refractivity contribution in [3.63, 3.8) is 0 Å². The van der Waals surface area contributed by atoms with Crippen LogP contribution in [0.4, 0.5) is 26.1 Å². The van der Waals surface area contributed by atoms with E-state index in [-0.39, 0.29) is 54.1 Å². The molecule has 1 aliphatic rings. The molecular formula is C20H26F2N6O3. The first-order valence-electron chi connectivity index (χ1n) is 9.95. The van der Waals surface area contributed by atoms with Crippen LogP contribution in [0, 0.1) is 11.6 Å². The maximum absolute atomic E-state index is 14.6. The Morgan fingerprint density at radius 2 is 1.97 bits per heavy atom. The summed E-state index contributed by atoms with van der Waals surface area (Å²) in [6.45, 7) is 0.417. The van der Waals surface area contributed by atoms with Gasteiger partial charge in [-0.15, -0.1) is 0 Å². The number of rotatable bonds is 9. The Hall–Kier alpha value is -3.05. The van der Waals surface area contributed by atoms with E-state index in [4.69, 9.17) is 20.9 Å². The first-order chi connectivity index (χ1) is 14.9. The molecular weight excluding hydrogens is 410 g/mol. The number of nitrogens with two attached hydrogens (primary N) is 2. The molecule has 2 aromatic rings. The molecule has 0 aliphatic heterocycles. The second kappa shape index (κ2) is 10.3. The van der Waals surface area contributed by atoms with Crippen molar-refractivity contribution in [2.75, 3.05) is 31.0 Å². The topological polar surface area (TPSA) is 137 Å². The Labute approximate surface area is 178 Å². The lowest BCUT2D eigenvalue weighted by Crippen LogP contribution is -2.43. The predicted octanol–water partition coefficient (Wildman–Crippen LogP) is 2.30. The molecule has 168 valence electrons. The molecule has 0 bridgehead atoms. The van der Waals surface area contributed by atoms with Gasteiger partial charge in [0.1, 0.15) is 12.4 Å². The van der Waals surface area contributed by atoms with Gasteiger partial charge in [0.05, 0.1) is 24.1 Å². The highest BCUT2D eigenvalue weighted by Gasteiger charge is 2.24. The minimum atomic E-state index is -0.886. The molecule has 2 aromatic heterocycles. The normalized spacial score (nSPS) is 18.5. The fraction of sp³-hybridized carbons (Fsp3) is 0.450. The number of hydrogen-bond donors (Lipinski definition) is 4. The molecule has 2 atom stereocenters. The van der Waals surface area contributed by atoms with Crippen molar-refractivity contribution in [2.24, 2.45) is 11.5 Å². The first-order valence-corrected chi connectivity index (χ1v) is 9.95. The monoisotopic (exact) mass is 436 g/mol. The Balaban J connectivity index is 1.83. The van der Waals surface area contributed by atoms with Crippen LogP contribution in [0.25, 0.3) is 0 Å².